The Kier molecular flexibility index (Phi) is 3.88. The van der Waals surface area contributed by atoms with Crippen molar-refractivity contribution in [3.8, 4) is 16.9 Å². The summed E-state index contributed by atoms with van der Waals surface area (Å²) >= 11 is 0. The largest absolute Gasteiger partial charge is 0.508 e. The predicted octanol–water partition coefficient (Wildman–Crippen LogP) is 4.31. The van der Waals surface area contributed by atoms with Gasteiger partial charge in [-0.05, 0) is 35.4 Å². The second-order valence-electron chi connectivity index (χ2n) is 4.95. The number of carbonyl (C=O) groups is 1. The number of rotatable bonds is 3. The van der Waals surface area contributed by atoms with E-state index < -0.39 is 0 Å². The zero-order valence-corrected chi connectivity index (χ0v) is 11.9. The Morgan fingerprint density at radius 2 is 1.45 bits per heavy atom. The molecular weight excluding hydrogens is 274 g/mol. The molecule has 3 rings (SSSR count). The second kappa shape index (κ2) is 6.14. The van der Waals surface area contributed by atoms with E-state index in [0.717, 1.165) is 11.1 Å². The third kappa shape index (κ3) is 3.15. The number of amides is 1. The van der Waals surface area contributed by atoms with Crippen LogP contribution < -0.4 is 5.32 Å². The minimum Gasteiger partial charge on any atom is -0.508 e. The molecule has 3 aromatic rings. The lowest BCUT2D eigenvalue weighted by molar-refractivity contribution is 0.102. The van der Waals surface area contributed by atoms with Gasteiger partial charge in [0.2, 0.25) is 0 Å². The Balaban J connectivity index is 1.76. The van der Waals surface area contributed by atoms with Crippen LogP contribution in [0.2, 0.25) is 0 Å². The van der Waals surface area contributed by atoms with Crippen molar-refractivity contribution in [2.24, 2.45) is 0 Å². The van der Waals surface area contributed by atoms with Crippen LogP contribution in [-0.2, 0) is 0 Å². The zero-order chi connectivity index (χ0) is 15.4. The number of anilines is 1. The van der Waals surface area contributed by atoms with Crippen molar-refractivity contribution in [2.75, 3.05) is 5.32 Å². The van der Waals surface area contributed by atoms with Crippen molar-refractivity contribution >= 4 is 11.6 Å². The average molecular weight is 289 g/mol. The van der Waals surface area contributed by atoms with Gasteiger partial charge in [0.25, 0.3) is 5.91 Å². The van der Waals surface area contributed by atoms with E-state index in [1.807, 2.05) is 42.5 Å². The molecule has 0 spiro atoms. The van der Waals surface area contributed by atoms with Gasteiger partial charge in [-0.15, -0.1) is 0 Å². The van der Waals surface area contributed by atoms with Crippen LogP contribution in [0.1, 0.15) is 10.4 Å². The first-order valence-electron chi connectivity index (χ1n) is 6.98. The first-order chi connectivity index (χ1) is 10.7. The molecule has 0 aromatic heterocycles. The average Bonchev–Trinajstić information content (AvgIpc) is 2.56. The SMILES string of the molecule is O=C(Nc1cccc(O)c1)c1ccc(-c2ccccc2)cc1. The molecule has 3 nitrogen and oxygen atoms in total. The lowest BCUT2D eigenvalue weighted by atomic mass is 10.0. The maximum atomic E-state index is 12.2. The van der Waals surface area contributed by atoms with Gasteiger partial charge in [0.15, 0.2) is 0 Å². The molecule has 108 valence electrons. The molecule has 0 aliphatic carbocycles. The fraction of sp³-hybridized carbons (Fsp3) is 0. The topological polar surface area (TPSA) is 49.3 Å². The van der Waals surface area contributed by atoms with E-state index in [2.05, 4.69) is 5.32 Å². The van der Waals surface area contributed by atoms with Crippen molar-refractivity contribution in [3.05, 3.63) is 84.4 Å². The number of hydrogen-bond donors (Lipinski definition) is 2. The van der Waals surface area contributed by atoms with Crippen LogP contribution in [0.25, 0.3) is 11.1 Å². The van der Waals surface area contributed by atoms with Gasteiger partial charge in [0.05, 0.1) is 0 Å². The Labute approximate surface area is 128 Å². The summed E-state index contributed by atoms with van der Waals surface area (Å²) in [7, 11) is 0. The summed E-state index contributed by atoms with van der Waals surface area (Å²) in [6.07, 6.45) is 0. The number of carbonyl (C=O) groups excluding carboxylic acids is 1. The fourth-order valence-corrected chi connectivity index (χ4v) is 2.23. The quantitative estimate of drug-likeness (QED) is 0.754. The summed E-state index contributed by atoms with van der Waals surface area (Å²) in [5, 5.41) is 12.2. The van der Waals surface area contributed by atoms with Crippen LogP contribution in [0.3, 0.4) is 0 Å². The Hall–Kier alpha value is -3.07. The summed E-state index contributed by atoms with van der Waals surface area (Å²) in [6.45, 7) is 0. The minimum atomic E-state index is -0.204. The zero-order valence-electron chi connectivity index (χ0n) is 11.9. The summed E-state index contributed by atoms with van der Waals surface area (Å²) < 4.78 is 0. The minimum absolute atomic E-state index is 0.122. The predicted molar refractivity (Wildman–Crippen MR) is 87.9 cm³/mol. The van der Waals surface area contributed by atoms with Gasteiger partial charge in [-0.2, -0.15) is 0 Å². The van der Waals surface area contributed by atoms with Crippen LogP contribution in [0.5, 0.6) is 5.75 Å². The van der Waals surface area contributed by atoms with E-state index in [1.165, 1.54) is 6.07 Å². The van der Waals surface area contributed by atoms with Crippen LogP contribution in [0, 0.1) is 0 Å². The lowest BCUT2D eigenvalue weighted by Gasteiger charge is -2.07. The highest BCUT2D eigenvalue weighted by Crippen LogP contribution is 2.20. The molecule has 3 aromatic carbocycles. The highest BCUT2D eigenvalue weighted by atomic mass is 16.3. The summed E-state index contributed by atoms with van der Waals surface area (Å²) in [6, 6.07) is 23.9. The van der Waals surface area contributed by atoms with Crippen LogP contribution in [0.4, 0.5) is 5.69 Å². The molecule has 0 fully saturated rings. The van der Waals surface area contributed by atoms with Gasteiger partial charge >= 0.3 is 0 Å². The van der Waals surface area contributed by atoms with Crippen molar-refractivity contribution in [1.29, 1.82) is 0 Å². The molecule has 1 amide bonds. The smallest absolute Gasteiger partial charge is 0.255 e. The molecule has 0 bridgehead atoms. The number of hydrogen-bond acceptors (Lipinski definition) is 2. The molecule has 2 N–H and O–H groups in total. The first-order valence-corrected chi connectivity index (χ1v) is 6.98. The van der Waals surface area contributed by atoms with E-state index in [9.17, 15) is 9.90 Å². The summed E-state index contributed by atoms with van der Waals surface area (Å²) in [5.41, 5.74) is 3.32. The highest BCUT2D eigenvalue weighted by molar-refractivity contribution is 6.04. The molecule has 22 heavy (non-hydrogen) atoms. The van der Waals surface area contributed by atoms with Gasteiger partial charge in [-0.3, -0.25) is 4.79 Å². The highest BCUT2D eigenvalue weighted by Gasteiger charge is 2.06. The molecule has 0 radical (unpaired) electrons. The monoisotopic (exact) mass is 289 g/mol. The van der Waals surface area contributed by atoms with E-state index in [4.69, 9.17) is 0 Å². The molecule has 0 unspecified atom stereocenters. The third-order valence-electron chi connectivity index (χ3n) is 3.36. The number of phenols is 1. The molecule has 0 saturated heterocycles. The molecule has 0 aliphatic rings. The molecule has 0 atom stereocenters. The molecule has 0 saturated carbocycles. The number of phenolic OH excluding ortho intramolecular Hbond substituents is 1. The summed E-state index contributed by atoms with van der Waals surface area (Å²) in [5.74, 6) is -0.0811. The third-order valence-corrected chi connectivity index (χ3v) is 3.36. The van der Waals surface area contributed by atoms with Gasteiger partial charge < -0.3 is 10.4 Å². The van der Waals surface area contributed by atoms with E-state index >= 15 is 0 Å². The van der Waals surface area contributed by atoms with Crippen molar-refractivity contribution in [3.63, 3.8) is 0 Å². The number of nitrogens with one attached hydrogen (secondary N) is 1. The van der Waals surface area contributed by atoms with Crippen LogP contribution in [-0.4, -0.2) is 11.0 Å². The van der Waals surface area contributed by atoms with Gasteiger partial charge in [-0.25, -0.2) is 0 Å². The summed E-state index contributed by atoms with van der Waals surface area (Å²) in [4.78, 5) is 12.2. The van der Waals surface area contributed by atoms with Crippen LogP contribution >= 0.6 is 0 Å². The maximum Gasteiger partial charge on any atom is 0.255 e. The van der Waals surface area contributed by atoms with E-state index in [-0.39, 0.29) is 11.7 Å². The maximum absolute atomic E-state index is 12.2. The normalized spacial score (nSPS) is 10.2. The molecule has 3 heteroatoms. The van der Waals surface area contributed by atoms with E-state index in [1.54, 1.807) is 30.3 Å². The van der Waals surface area contributed by atoms with Crippen LogP contribution in [0.15, 0.2) is 78.9 Å². The fourth-order valence-electron chi connectivity index (χ4n) is 2.23. The number of aromatic hydroxyl groups is 1. The number of benzene rings is 3. The first kappa shape index (κ1) is 13.9. The van der Waals surface area contributed by atoms with Crippen molar-refractivity contribution < 1.29 is 9.90 Å². The van der Waals surface area contributed by atoms with Gasteiger partial charge in [0, 0.05) is 17.3 Å². The Bertz CT molecular complexity index is 780. The molecular formula is C19H15NO2. The Morgan fingerprint density at radius 3 is 2.14 bits per heavy atom. The second-order valence-corrected chi connectivity index (χ2v) is 4.95. The lowest BCUT2D eigenvalue weighted by Crippen LogP contribution is -2.11. The van der Waals surface area contributed by atoms with Crippen molar-refractivity contribution in [2.45, 2.75) is 0 Å². The van der Waals surface area contributed by atoms with E-state index in [0.29, 0.717) is 11.3 Å². The van der Waals surface area contributed by atoms with Gasteiger partial charge in [0.1, 0.15) is 5.75 Å². The molecule has 0 aliphatic heterocycles. The molecule has 0 heterocycles. The standard InChI is InChI=1S/C19H15NO2/c21-18-8-4-7-17(13-18)20-19(22)16-11-9-15(10-12-16)14-5-2-1-3-6-14/h1-13,21H,(H,20,22). The van der Waals surface area contributed by atoms with Gasteiger partial charge in [-0.1, -0.05) is 48.5 Å². The van der Waals surface area contributed by atoms with Crippen molar-refractivity contribution in [1.82, 2.24) is 0 Å². The Morgan fingerprint density at radius 1 is 0.773 bits per heavy atom.